The second-order valence-corrected chi connectivity index (χ2v) is 9.23. The van der Waals surface area contributed by atoms with Gasteiger partial charge in [0.15, 0.2) is 18.1 Å². The molecule has 202 valence electrons. The molecule has 1 fully saturated rings. The van der Waals surface area contributed by atoms with Gasteiger partial charge in [0.25, 0.3) is 11.8 Å². The van der Waals surface area contributed by atoms with Gasteiger partial charge in [0, 0.05) is 5.69 Å². The first-order chi connectivity index (χ1) is 18.7. The molecule has 1 aliphatic heterocycles. The Bertz CT molecular complexity index is 1460. The van der Waals surface area contributed by atoms with Crippen molar-refractivity contribution < 1.29 is 37.8 Å². The second-order valence-electron chi connectivity index (χ2n) is 8.37. The van der Waals surface area contributed by atoms with Gasteiger partial charge in [0.1, 0.15) is 11.5 Å². The number of benzene rings is 2. The Morgan fingerprint density at radius 3 is 2.54 bits per heavy atom. The van der Waals surface area contributed by atoms with Crippen LogP contribution < -0.4 is 20.1 Å². The lowest BCUT2D eigenvalue weighted by atomic mass is 10.1. The van der Waals surface area contributed by atoms with E-state index in [4.69, 9.17) is 13.9 Å². The van der Waals surface area contributed by atoms with Gasteiger partial charge in [-0.1, -0.05) is 17.7 Å². The number of furan rings is 1. The molecule has 0 spiro atoms. The molecule has 2 N–H and O–H groups in total. The third-order valence-corrected chi connectivity index (χ3v) is 6.16. The van der Waals surface area contributed by atoms with Gasteiger partial charge in [-0.15, -0.1) is 0 Å². The molecule has 11 nitrogen and oxygen atoms in total. The molecule has 1 aliphatic rings. The van der Waals surface area contributed by atoms with E-state index in [1.54, 1.807) is 24.3 Å². The van der Waals surface area contributed by atoms with Crippen LogP contribution in [0.4, 0.5) is 10.5 Å². The van der Waals surface area contributed by atoms with Gasteiger partial charge < -0.3 is 29.3 Å². The zero-order valence-corrected chi connectivity index (χ0v) is 22.8. The molecule has 0 unspecified atom stereocenters. The van der Waals surface area contributed by atoms with Crippen molar-refractivity contribution in [2.24, 2.45) is 0 Å². The number of esters is 1. The fourth-order valence-electron chi connectivity index (χ4n) is 3.65. The summed E-state index contributed by atoms with van der Waals surface area (Å²) in [5.41, 5.74) is 2.27. The number of halogens is 1. The van der Waals surface area contributed by atoms with Crippen molar-refractivity contribution in [2.75, 3.05) is 26.1 Å². The first kappa shape index (κ1) is 27.5. The van der Waals surface area contributed by atoms with Crippen LogP contribution in [0, 0.1) is 6.92 Å². The number of nitrogens with zero attached hydrogens (tertiary/aromatic N) is 1. The third kappa shape index (κ3) is 6.47. The Balaban J connectivity index is 1.45. The molecular formula is C27H24BrN3O8. The summed E-state index contributed by atoms with van der Waals surface area (Å²) in [6.45, 7) is 1.51. The van der Waals surface area contributed by atoms with Crippen LogP contribution in [0.5, 0.6) is 11.5 Å². The van der Waals surface area contributed by atoms with Crippen LogP contribution in [0.2, 0.25) is 0 Å². The SMILES string of the molecule is COC(=O)c1ccc(CN2C(=O)N/C(=C\c3cc(Br)c(OCC(=O)Nc4ccc(C)cc4)c(OC)c3)C2=O)o1. The maximum absolute atomic E-state index is 12.9. The molecule has 39 heavy (non-hydrogen) atoms. The molecule has 0 saturated carbocycles. The van der Waals surface area contributed by atoms with Crippen LogP contribution >= 0.6 is 15.9 Å². The molecular weight excluding hydrogens is 574 g/mol. The van der Waals surface area contributed by atoms with Gasteiger partial charge in [-0.3, -0.25) is 14.5 Å². The van der Waals surface area contributed by atoms with Crippen molar-refractivity contribution in [2.45, 2.75) is 13.5 Å². The molecule has 1 aromatic heterocycles. The number of methoxy groups -OCH3 is 2. The van der Waals surface area contributed by atoms with E-state index >= 15 is 0 Å². The molecule has 4 amide bonds. The van der Waals surface area contributed by atoms with Crippen molar-refractivity contribution in [3.63, 3.8) is 0 Å². The normalized spacial score (nSPS) is 13.8. The van der Waals surface area contributed by atoms with E-state index in [0.717, 1.165) is 10.5 Å². The molecule has 0 aliphatic carbocycles. The lowest BCUT2D eigenvalue weighted by Gasteiger charge is -2.14. The molecule has 0 bridgehead atoms. The van der Waals surface area contributed by atoms with Crippen LogP contribution in [-0.4, -0.2) is 49.5 Å². The van der Waals surface area contributed by atoms with E-state index in [1.165, 1.54) is 32.4 Å². The summed E-state index contributed by atoms with van der Waals surface area (Å²) in [5, 5.41) is 5.28. The average molecular weight is 598 g/mol. The number of anilines is 1. The third-order valence-electron chi connectivity index (χ3n) is 5.57. The number of ether oxygens (including phenoxy) is 3. The van der Waals surface area contributed by atoms with Gasteiger partial charge >= 0.3 is 12.0 Å². The summed E-state index contributed by atoms with van der Waals surface area (Å²) in [7, 11) is 2.66. The van der Waals surface area contributed by atoms with Crippen molar-refractivity contribution in [3.8, 4) is 11.5 Å². The number of urea groups is 1. The zero-order chi connectivity index (χ0) is 28.1. The van der Waals surface area contributed by atoms with Crippen LogP contribution in [0.3, 0.4) is 0 Å². The highest BCUT2D eigenvalue weighted by molar-refractivity contribution is 9.10. The van der Waals surface area contributed by atoms with E-state index in [1.807, 2.05) is 19.1 Å². The van der Waals surface area contributed by atoms with Crippen molar-refractivity contribution in [3.05, 3.63) is 81.3 Å². The number of hydrogen-bond donors (Lipinski definition) is 2. The number of carbonyl (C=O) groups excluding carboxylic acids is 4. The fraction of sp³-hybridized carbons (Fsp3) is 0.185. The number of amides is 4. The van der Waals surface area contributed by atoms with Gasteiger partial charge in [0.2, 0.25) is 5.76 Å². The van der Waals surface area contributed by atoms with E-state index in [0.29, 0.717) is 27.2 Å². The molecule has 0 radical (unpaired) electrons. The lowest BCUT2D eigenvalue weighted by Crippen LogP contribution is -2.30. The van der Waals surface area contributed by atoms with Crippen molar-refractivity contribution >= 4 is 51.5 Å². The fourth-order valence-corrected chi connectivity index (χ4v) is 4.22. The van der Waals surface area contributed by atoms with Crippen LogP contribution in [0.25, 0.3) is 6.08 Å². The summed E-state index contributed by atoms with van der Waals surface area (Å²) in [4.78, 5) is 50.2. The molecule has 1 saturated heterocycles. The number of hydrogen-bond acceptors (Lipinski definition) is 8. The smallest absolute Gasteiger partial charge is 0.373 e. The maximum atomic E-state index is 12.9. The summed E-state index contributed by atoms with van der Waals surface area (Å²) in [6.07, 6.45) is 1.48. The number of rotatable bonds is 9. The lowest BCUT2D eigenvalue weighted by molar-refractivity contribution is -0.123. The Hall–Kier alpha value is -4.58. The largest absolute Gasteiger partial charge is 0.493 e. The quantitative estimate of drug-likeness (QED) is 0.212. The van der Waals surface area contributed by atoms with Gasteiger partial charge in [-0.25, -0.2) is 9.59 Å². The van der Waals surface area contributed by atoms with Crippen LogP contribution in [0.1, 0.15) is 27.4 Å². The van der Waals surface area contributed by atoms with Crippen molar-refractivity contribution in [1.29, 1.82) is 0 Å². The van der Waals surface area contributed by atoms with Gasteiger partial charge in [0.05, 0.1) is 25.2 Å². The first-order valence-electron chi connectivity index (χ1n) is 11.6. The molecule has 4 rings (SSSR count). The predicted octanol–water partition coefficient (Wildman–Crippen LogP) is 4.26. The van der Waals surface area contributed by atoms with E-state index in [-0.39, 0.29) is 36.3 Å². The minimum Gasteiger partial charge on any atom is -0.493 e. The number of aryl methyl sites for hydroxylation is 1. The Labute approximate surface area is 231 Å². The molecule has 12 heteroatoms. The highest BCUT2D eigenvalue weighted by Gasteiger charge is 2.34. The minimum atomic E-state index is -0.669. The second kappa shape index (κ2) is 11.9. The van der Waals surface area contributed by atoms with Crippen LogP contribution in [-0.2, 0) is 20.9 Å². The van der Waals surface area contributed by atoms with Gasteiger partial charge in [-0.2, -0.15) is 0 Å². The Morgan fingerprint density at radius 1 is 1.10 bits per heavy atom. The number of imide groups is 1. The molecule has 0 atom stereocenters. The summed E-state index contributed by atoms with van der Waals surface area (Å²) in [6, 6.07) is 12.9. The molecule has 2 aromatic carbocycles. The topological polar surface area (TPSA) is 136 Å². The zero-order valence-electron chi connectivity index (χ0n) is 21.2. The highest BCUT2D eigenvalue weighted by Crippen LogP contribution is 2.37. The Kier molecular flexibility index (Phi) is 8.35. The minimum absolute atomic E-state index is 0.0276. The standard InChI is InChI=1S/C27H24BrN3O8/c1-15-4-6-17(7-5-15)29-23(32)14-38-24-19(28)10-16(12-22(24)36-2)11-20-25(33)31(27(35)30-20)13-18-8-9-21(39-18)26(34)37-3/h4-12H,13-14H2,1-3H3,(H,29,32)(H,30,35)/b20-11-. The first-order valence-corrected chi connectivity index (χ1v) is 12.4. The predicted molar refractivity (Wildman–Crippen MR) is 143 cm³/mol. The van der Waals surface area contributed by atoms with Crippen LogP contribution in [0.15, 0.2) is 63.1 Å². The highest BCUT2D eigenvalue weighted by atomic mass is 79.9. The average Bonchev–Trinajstić information content (AvgIpc) is 3.49. The van der Waals surface area contributed by atoms with E-state index < -0.39 is 17.9 Å². The summed E-state index contributed by atoms with van der Waals surface area (Å²) < 4.78 is 21.5. The monoisotopic (exact) mass is 597 g/mol. The summed E-state index contributed by atoms with van der Waals surface area (Å²) in [5.74, 6) is -0.814. The maximum Gasteiger partial charge on any atom is 0.373 e. The Morgan fingerprint density at radius 2 is 1.85 bits per heavy atom. The van der Waals surface area contributed by atoms with E-state index in [2.05, 4.69) is 31.3 Å². The molecule has 3 aromatic rings. The van der Waals surface area contributed by atoms with E-state index in [9.17, 15) is 19.2 Å². The number of nitrogens with one attached hydrogen (secondary N) is 2. The summed E-state index contributed by atoms with van der Waals surface area (Å²) >= 11 is 3.42. The molecule has 2 heterocycles. The van der Waals surface area contributed by atoms with Gasteiger partial charge in [-0.05, 0) is 70.9 Å². The van der Waals surface area contributed by atoms with Crippen molar-refractivity contribution in [1.82, 2.24) is 10.2 Å². The number of carbonyl (C=O) groups is 4.